The van der Waals surface area contributed by atoms with Crippen molar-refractivity contribution in [3.05, 3.63) is 77.1 Å². The van der Waals surface area contributed by atoms with E-state index in [4.69, 9.17) is 0 Å². The van der Waals surface area contributed by atoms with Crippen molar-refractivity contribution in [3.8, 4) is 0 Å². The summed E-state index contributed by atoms with van der Waals surface area (Å²) in [5.41, 5.74) is 7.74. The zero-order chi connectivity index (χ0) is 12.7. The van der Waals surface area contributed by atoms with Crippen molar-refractivity contribution < 1.29 is 0 Å². The first-order chi connectivity index (χ1) is 8.13. The second kappa shape index (κ2) is 6.73. The minimum Gasteiger partial charge on any atom is -0.118 e. The van der Waals surface area contributed by atoms with Crippen molar-refractivity contribution in [3.63, 3.8) is 0 Å². The van der Waals surface area contributed by atoms with Gasteiger partial charge in [-0.25, -0.2) is 0 Å². The molecule has 0 aromatic rings. The number of hydrogen-bond acceptors (Lipinski definition) is 0. The summed E-state index contributed by atoms with van der Waals surface area (Å²) in [4.78, 5) is 0. The molecule has 0 heteroatoms. The lowest BCUT2D eigenvalue weighted by Gasteiger charge is -2.00. The van der Waals surface area contributed by atoms with Crippen LogP contribution in [0.2, 0.25) is 0 Å². The molecular formula is C17H20. The summed E-state index contributed by atoms with van der Waals surface area (Å²) in [5.74, 6) is 0. The summed E-state index contributed by atoms with van der Waals surface area (Å²) in [6, 6.07) is 0. The summed E-state index contributed by atoms with van der Waals surface area (Å²) < 4.78 is 0. The van der Waals surface area contributed by atoms with E-state index in [9.17, 15) is 0 Å². The predicted molar refractivity (Wildman–Crippen MR) is 76.8 cm³/mol. The van der Waals surface area contributed by atoms with Crippen molar-refractivity contribution in [2.45, 2.75) is 27.2 Å². The molecule has 0 saturated carbocycles. The molecule has 0 unspecified atom stereocenters. The Morgan fingerprint density at radius 2 is 2.12 bits per heavy atom. The topological polar surface area (TPSA) is 0 Å². The molecule has 0 bridgehead atoms. The first kappa shape index (κ1) is 13.3. The van der Waals surface area contributed by atoms with Gasteiger partial charge in [-0.2, -0.15) is 0 Å². The Bertz CT molecular complexity index is 470. The van der Waals surface area contributed by atoms with E-state index in [-0.39, 0.29) is 0 Å². The van der Waals surface area contributed by atoms with Gasteiger partial charge < -0.3 is 0 Å². The maximum absolute atomic E-state index is 4.09. The lowest BCUT2D eigenvalue weighted by Crippen LogP contribution is -1.80. The molecule has 0 aliphatic heterocycles. The quantitative estimate of drug-likeness (QED) is 0.463. The maximum atomic E-state index is 4.09. The molecule has 0 aromatic carbocycles. The minimum absolute atomic E-state index is 1.03. The number of hydrogen-bond donors (Lipinski definition) is 0. The Labute approximate surface area is 105 Å². The normalized spacial score (nSPS) is 15.8. The van der Waals surface area contributed by atoms with Crippen LogP contribution in [0.1, 0.15) is 27.2 Å². The van der Waals surface area contributed by atoms with Gasteiger partial charge in [0.15, 0.2) is 0 Å². The van der Waals surface area contributed by atoms with E-state index < -0.39 is 0 Å². The largest absolute Gasteiger partial charge is 0.118 e. The van der Waals surface area contributed by atoms with E-state index in [1.807, 2.05) is 19.1 Å². The molecule has 0 saturated heterocycles. The van der Waals surface area contributed by atoms with E-state index in [2.05, 4.69) is 56.5 Å². The summed E-state index contributed by atoms with van der Waals surface area (Å²) in [6.45, 7) is 10.4. The second-order valence-electron chi connectivity index (χ2n) is 4.16. The fourth-order valence-corrected chi connectivity index (χ4v) is 1.51. The van der Waals surface area contributed by atoms with E-state index in [0.29, 0.717) is 0 Å². The molecule has 1 aliphatic carbocycles. The molecule has 0 amide bonds. The van der Waals surface area contributed by atoms with Gasteiger partial charge in [-0.05, 0) is 49.1 Å². The summed E-state index contributed by atoms with van der Waals surface area (Å²) in [7, 11) is 0. The maximum Gasteiger partial charge on any atom is -0.00912 e. The Hall–Kier alpha value is -1.78. The zero-order valence-corrected chi connectivity index (χ0v) is 11.0. The highest BCUT2D eigenvalue weighted by Gasteiger charge is 1.96. The van der Waals surface area contributed by atoms with Gasteiger partial charge in [-0.15, -0.1) is 5.73 Å². The van der Waals surface area contributed by atoms with Crippen LogP contribution in [0.3, 0.4) is 0 Å². The van der Waals surface area contributed by atoms with E-state index in [1.54, 1.807) is 0 Å². The van der Waals surface area contributed by atoms with Crippen LogP contribution < -0.4 is 0 Å². The third-order valence-electron chi connectivity index (χ3n) is 2.53. The Balaban J connectivity index is 2.74. The summed E-state index contributed by atoms with van der Waals surface area (Å²) >= 11 is 0. The number of allylic oxidation sites excluding steroid dienone is 10. The van der Waals surface area contributed by atoms with Gasteiger partial charge in [0.2, 0.25) is 0 Å². The molecule has 0 atom stereocenters. The molecule has 0 heterocycles. The van der Waals surface area contributed by atoms with E-state index in [1.165, 1.54) is 5.57 Å². The molecule has 0 spiro atoms. The lowest BCUT2D eigenvalue weighted by molar-refractivity contribution is 1.20. The molecule has 17 heavy (non-hydrogen) atoms. The zero-order valence-electron chi connectivity index (χ0n) is 11.0. The predicted octanol–water partition coefficient (Wildman–Crippen LogP) is 5.05. The Kier molecular flexibility index (Phi) is 5.26. The fraction of sp³-hybridized carbons (Fsp3) is 0.235. The first-order valence-electron chi connectivity index (χ1n) is 5.99. The standard InChI is InChI=1S/C17H20/c1-5-7-14(2)10-12-16(4)17-9-6-8-15(3)11-13-17/h6-7,9-13H,4-5H2,1-3H3/b12-10-,14-7-. The summed E-state index contributed by atoms with van der Waals surface area (Å²) in [5, 5.41) is 0. The molecule has 1 rings (SSSR count). The van der Waals surface area contributed by atoms with Crippen LogP contribution in [0.25, 0.3) is 0 Å². The Morgan fingerprint density at radius 3 is 2.82 bits per heavy atom. The third-order valence-corrected chi connectivity index (χ3v) is 2.53. The third kappa shape index (κ3) is 4.72. The molecule has 0 radical (unpaired) electrons. The molecule has 88 valence electrons. The molecule has 0 nitrogen and oxygen atoms in total. The second-order valence-corrected chi connectivity index (χ2v) is 4.16. The van der Waals surface area contributed by atoms with Crippen LogP contribution in [0.4, 0.5) is 0 Å². The van der Waals surface area contributed by atoms with Crippen molar-refractivity contribution in [2.75, 3.05) is 0 Å². The van der Waals surface area contributed by atoms with Gasteiger partial charge in [-0.3, -0.25) is 0 Å². The lowest BCUT2D eigenvalue weighted by atomic mass is 10.1. The van der Waals surface area contributed by atoms with Gasteiger partial charge in [0.05, 0.1) is 0 Å². The van der Waals surface area contributed by atoms with E-state index in [0.717, 1.165) is 23.1 Å². The van der Waals surface area contributed by atoms with Crippen LogP contribution in [-0.4, -0.2) is 0 Å². The molecule has 0 aromatic heterocycles. The molecule has 1 aliphatic rings. The van der Waals surface area contributed by atoms with Gasteiger partial charge in [0.1, 0.15) is 0 Å². The number of rotatable bonds is 4. The van der Waals surface area contributed by atoms with Crippen LogP contribution in [0, 0.1) is 0 Å². The van der Waals surface area contributed by atoms with Gasteiger partial charge >= 0.3 is 0 Å². The van der Waals surface area contributed by atoms with E-state index >= 15 is 0 Å². The van der Waals surface area contributed by atoms with Crippen LogP contribution >= 0.6 is 0 Å². The highest BCUT2D eigenvalue weighted by atomic mass is 14.0. The van der Waals surface area contributed by atoms with Gasteiger partial charge in [0.25, 0.3) is 0 Å². The smallest absolute Gasteiger partial charge is 0.00912 e. The van der Waals surface area contributed by atoms with Gasteiger partial charge in [0, 0.05) is 0 Å². The average Bonchev–Trinajstić information content (AvgIpc) is 2.51. The van der Waals surface area contributed by atoms with Crippen molar-refractivity contribution in [1.82, 2.24) is 0 Å². The fourth-order valence-electron chi connectivity index (χ4n) is 1.51. The van der Waals surface area contributed by atoms with Crippen molar-refractivity contribution in [1.29, 1.82) is 0 Å². The summed E-state index contributed by atoms with van der Waals surface area (Å²) in [6.07, 6.45) is 15.6. The molecule has 0 fully saturated rings. The van der Waals surface area contributed by atoms with Crippen molar-refractivity contribution >= 4 is 0 Å². The van der Waals surface area contributed by atoms with Crippen molar-refractivity contribution in [2.24, 2.45) is 0 Å². The van der Waals surface area contributed by atoms with Crippen LogP contribution in [-0.2, 0) is 0 Å². The highest BCUT2D eigenvalue weighted by molar-refractivity contribution is 5.49. The molecule has 0 N–H and O–H groups in total. The molecular weight excluding hydrogens is 204 g/mol. The highest BCUT2D eigenvalue weighted by Crippen LogP contribution is 2.15. The van der Waals surface area contributed by atoms with Crippen LogP contribution in [0.5, 0.6) is 0 Å². The monoisotopic (exact) mass is 224 g/mol. The van der Waals surface area contributed by atoms with Gasteiger partial charge in [-0.1, -0.05) is 49.5 Å². The first-order valence-corrected chi connectivity index (χ1v) is 5.99. The average molecular weight is 224 g/mol. The van der Waals surface area contributed by atoms with Crippen LogP contribution in [0.15, 0.2) is 77.1 Å². The SMILES string of the molecule is C=C(/C=C\C(C)=C/CC)C1=CC=C=C(C)C=C1. The minimum atomic E-state index is 1.03. The Morgan fingerprint density at radius 1 is 1.35 bits per heavy atom.